The first-order valence-electron chi connectivity index (χ1n) is 7.68. The molecule has 1 atom stereocenters. The molecule has 1 aliphatic rings. The zero-order valence-corrected chi connectivity index (χ0v) is 12.7. The second-order valence-corrected chi connectivity index (χ2v) is 5.67. The van der Waals surface area contributed by atoms with E-state index in [4.69, 9.17) is 0 Å². The predicted octanol–water partition coefficient (Wildman–Crippen LogP) is 3.01. The molecule has 1 unspecified atom stereocenters. The summed E-state index contributed by atoms with van der Waals surface area (Å²) in [6.45, 7) is 8.24. The van der Waals surface area contributed by atoms with Crippen LogP contribution in [-0.2, 0) is 0 Å². The van der Waals surface area contributed by atoms with Gasteiger partial charge in [-0.3, -0.25) is 0 Å². The van der Waals surface area contributed by atoms with Crippen molar-refractivity contribution in [1.29, 1.82) is 0 Å². The molecule has 2 N–H and O–H groups in total. The van der Waals surface area contributed by atoms with Gasteiger partial charge < -0.3 is 15.3 Å². The molecule has 0 aliphatic carbocycles. The average molecular weight is 292 g/mol. The second kappa shape index (κ2) is 7.57. The molecule has 1 fully saturated rings. The number of nitrogens with one attached hydrogen (secondary N) is 1. The summed E-state index contributed by atoms with van der Waals surface area (Å²) in [7, 11) is 0. The van der Waals surface area contributed by atoms with E-state index < -0.39 is 0 Å². The fraction of sp³-hybridized carbons (Fsp3) is 0.529. The molecule has 0 bridgehead atoms. The Hall–Kier alpha value is -1.39. The smallest absolute Gasteiger partial charge is 0.123 e. The standard InChI is InChI=1S/C17H25FN2O/c1-3-4-9-19-13(2)16-12-14(18)5-6-17(16)20-10-7-15(21)8-11-20/h3,5-6,12-13,15,19,21H,1,4,7-11H2,2H3. The highest BCUT2D eigenvalue weighted by Crippen LogP contribution is 2.29. The van der Waals surface area contributed by atoms with Crippen molar-refractivity contribution >= 4 is 5.69 Å². The summed E-state index contributed by atoms with van der Waals surface area (Å²) in [6.07, 6.45) is 4.11. The van der Waals surface area contributed by atoms with E-state index in [9.17, 15) is 9.50 Å². The highest BCUT2D eigenvalue weighted by molar-refractivity contribution is 5.55. The Balaban J connectivity index is 2.14. The van der Waals surface area contributed by atoms with Crippen LogP contribution in [0.3, 0.4) is 0 Å². The van der Waals surface area contributed by atoms with Crippen LogP contribution in [0.15, 0.2) is 30.9 Å². The van der Waals surface area contributed by atoms with E-state index in [0.717, 1.165) is 50.1 Å². The monoisotopic (exact) mass is 292 g/mol. The van der Waals surface area contributed by atoms with Gasteiger partial charge in [-0.25, -0.2) is 4.39 Å². The molecule has 2 rings (SSSR count). The summed E-state index contributed by atoms with van der Waals surface area (Å²) in [5.41, 5.74) is 2.05. The topological polar surface area (TPSA) is 35.5 Å². The second-order valence-electron chi connectivity index (χ2n) is 5.67. The van der Waals surface area contributed by atoms with Crippen molar-refractivity contribution in [3.05, 3.63) is 42.2 Å². The third-order valence-electron chi connectivity index (χ3n) is 4.06. The molecule has 0 saturated carbocycles. The Labute approximate surface area is 126 Å². The number of halogens is 1. The molecular weight excluding hydrogens is 267 g/mol. The molecule has 21 heavy (non-hydrogen) atoms. The summed E-state index contributed by atoms with van der Waals surface area (Å²) >= 11 is 0. The summed E-state index contributed by atoms with van der Waals surface area (Å²) in [6, 6.07) is 5.07. The van der Waals surface area contributed by atoms with Crippen molar-refractivity contribution in [2.75, 3.05) is 24.5 Å². The van der Waals surface area contributed by atoms with Gasteiger partial charge in [0.05, 0.1) is 6.10 Å². The predicted molar refractivity (Wildman–Crippen MR) is 85.1 cm³/mol. The number of hydrogen-bond donors (Lipinski definition) is 2. The molecule has 116 valence electrons. The minimum Gasteiger partial charge on any atom is -0.393 e. The van der Waals surface area contributed by atoms with Gasteiger partial charge in [0.1, 0.15) is 5.82 Å². The third-order valence-corrected chi connectivity index (χ3v) is 4.06. The number of rotatable bonds is 6. The third kappa shape index (κ3) is 4.29. The van der Waals surface area contributed by atoms with Crippen LogP contribution in [0.2, 0.25) is 0 Å². The quantitative estimate of drug-likeness (QED) is 0.625. The lowest BCUT2D eigenvalue weighted by atomic mass is 10.0. The number of benzene rings is 1. The van der Waals surface area contributed by atoms with E-state index in [1.165, 1.54) is 6.07 Å². The number of hydrogen-bond acceptors (Lipinski definition) is 3. The summed E-state index contributed by atoms with van der Waals surface area (Å²) in [5, 5.41) is 13.0. The van der Waals surface area contributed by atoms with Gasteiger partial charge in [-0.1, -0.05) is 6.08 Å². The molecule has 0 radical (unpaired) electrons. The van der Waals surface area contributed by atoms with Crippen LogP contribution in [0.5, 0.6) is 0 Å². The molecule has 1 saturated heterocycles. The van der Waals surface area contributed by atoms with Crippen LogP contribution in [0.25, 0.3) is 0 Å². The number of aliphatic hydroxyl groups is 1. The largest absolute Gasteiger partial charge is 0.393 e. The molecule has 0 spiro atoms. The van der Waals surface area contributed by atoms with Gasteiger partial charge >= 0.3 is 0 Å². The first-order chi connectivity index (χ1) is 10.1. The van der Waals surface area contributed by atoms with E-state index in [2.05, 4.69) is 23.7 Å². The number of aliphatic hydroxyl groups excluding tert-OH is 1. The van der Waals surface area contributed by atoms with Crippen molar-refractivity contribution in [3.63, 3.8) is 0 Å². The first kappa shape index (κ1) is 16.0. The lowest BCUT2D eigenvalue weighted by Crippen LogP contribution is -2.37. The van der Waals surface area contributed by atoms with Crippen LogP contribution >= 0.6 is 0 Å². The molecule has 4 heteroatoms. The normalized spacial score (nSPS) is 17.8. The lowest BCUT2D eigenvalue weighted by molar-refractivity contribution is 0.145. The average Bonchev–Trinajstić information content (AvgIpc) is 2.48. The Kier molecular flexibility index (Phi) is 5.76. The van der Waals surface area contributed by atoms with Crippen molar-refractivity contribution < 1.29 is 9.50 Å². The van der Waals surface area contributed by atoms with E-state index in [1.54, 1.807) is 6.07 Å². The maximum Gasteiger partial charge on any atom is 0.123 e. The van der Waals surface area contributed by atoms with Gasteiger partial charge in [0.15, 0.2) is 0 Å². The highest BCUT2D eigenvalue weighted by Gasteiger charge is 2.21. The van der Waals surface area contributed by atoms with Crippen molar-refractivity contribution in [2.24, 2.45) is 0 Å². The first-order valence-corrected chi connectivity index (χ1v) is 7.68. The van der Waals surface area contributed by atoms with Crippen LogP contribution in [0.1, 0.15) is 37.8 Å². The van der Waals surface area contributed by atoms with Crippen molar-refractivity contribution in [3.8, 4) is 0 Å². The summed E-state index contributed by atoms with van der Waals surface area (Å²) in [5.74, 6) is -0.205. The Morgan fingerprint density at radius 3 is 2.86 bits per heavy atom. The molecule has 1 heterocycles. The zero-order chi connectivity index (χ0) is 15.2. The van der Waals surface area contributed by atoms with Crippen molar-refractivity contribution in [2.45, 2.75) is 38.3 Å². The van der Waals surface area contributed by atoms with Gasteiger partial charge in [0.2, 0.25) is 0 Å². The summed E-state index contributed by atoms with van der Waals surface area (Å²) in [4.78, 5) is 2.24. The number of nitrogens with zero attached hydrogens (tertiary/aromatic N) is 1. The van der Waals surface area contributed by atoms with Crippen LogP contribution in [-0.4, -0.2) is 30.8 Å². The zero-order valence-electron chi connectivity index (χ0n) is 12.7. The van der Waals surface area contributed by atoms with Crippen molar-refractivity contribution in [1.82, 2.24) is 5.32 Å². The minimum atomic E-state index is -0.205. The van der Waals surface area contributed by atoms with E-state index in [1.807, 2.05) is 12.1 Å². The Morgan fingerprint density at radius 2 is 2.19 bits per heavy atom. The minimum absolute atomic E-state index is 0.0856. The fourth-order valence-corrected chi connectivity index (χ4v) is 2.78. The van der Waals surface area contributed by atoms with Gasteiger partial charge in [-0.05, 0) is 56.5 Å². The van der Waals surface area contributed by atoms with Crippen LogP contribution in [0.4, 0.5) is 10.1 Å². The number of piperidine rings is 1. The maximum absolute atomic E-state index is 13.6. The Bertz CT molecular complexity index is 470. The molecule has 1 aromatic rings. The highest BCUT2D eigenvalue weighted by atomic mass is 19.1. The molecular formula is C17H25FN2O. The van der Waals surface area contributed by atoms with Gasteiger partial charge in [-0.2, -0.15) is 0 Å². The summed E-state index contributed by atoms with van der Waals surface area (Å²) < 4.78 is 13.6. The SMILES string of the molecule is C=CCCNC(C)c1cc(F)ccc1N1CCC(O)CC1. The van der Waals surface area contributed by atoms with Crippen LogP contribution in [0, 0.1) is 5.82 Å². The molecule has 3 nitrogen and oxygen atoms in total. The van der Waals surface area contributed by atoms with E-state index in [-0.39, 0.29) is 18.0 Å². The molecule has 1 aromatic carbocycles. The molecule has 1 aliphatic heterocycles. The fourth-order valence-electron chi connectivity index (χ4n) is 2.78. The molecule has 0 amide bonds. The van der Waals surface area contributed by atoms with Crippen LogP contribution < -0.4 is 10.2 Å². The maximum atomic E-state index is 13.6. The van der Waals surface area contributed by atoms with E-state index >= 15 is 0 Å². The van der Waals surface area contributed by atoms with Gasteiger partial charge in [-0.15, -0.1) is 6.58 Å². The van der Waals surface area contributed by atoms with Gasteiger partial charge in [0, 0.05) is 24.8 Å². The Morgan fingerprint density at radius 1 is 1.48 bits per heavy atom. The van der Waals surface area contributed by atoms with Gasteiger partial charge in [0.25, 0.3) is 0 Å². The number of anilines is 1. The van der Waals surface area contributed by atoms with E-state index in [0.29, 0.717) is 0 Å². The molecule has 0 aromatic heterocycles. The lowest BCUT2D eigenvalue weighted by Gasteiger charge is -2.34.